The molecule has 1 saturated heterocycles. The molecule has 0 bridgehead atoms. The van der Waals surface area contributed by atoms with E-state index >= 15 is 0 Å². The van der Waals surface area contributed by atoms with Crippen molar-refractivity contribution in [3.63, 3.8) is 0 Å². The molecule has 1 aliphatic heterocycles. The number of carbonyl (C=O) groups is 2. The maximum absolute atomic E-state index is 11.9. The predicted molar refractivity (Wildman–Crippen MR) is 134 cm³/mol. The SMILES string of the molecule is CCC(=O)N1CCC(c2ccc(Nc3cc(N[C@H](C)C(C)(C)C)c(C(N)=O)cn3)cc2)CC1. The van der Waals surface area contributed by atoms with Gasteiger partial charge in [0, 0.05) is 43.5 Å². The van der Waals surface area contributed by atoms with Crippen molar-refractivity contribution < 1.29 is 9.59 Å². The van der Waals surface area contributed by atoms with Crippen LogP contribution >= 0.6 is 0 Å². The molecule has 2 amide bonds. The van der Waals surface area contributed by atoms with E-state index < -0.39 is 5.91 Å². The van der Waals surface area contributed by atoms with Crippen LogP contribution in [0.2, 0.25) is 0 Å². The second kappa shape index (κ2) is 10.2. The monoisotopic (exact) mass is 451 g/mol. The number of amides is 2. The highest BCUT2D eigenvalue weighted by Gasteiger charge is 2.23. The van der Waals surface area contributed by atoms with Crippen LogP contribution in [0.25, 0.3) is 0 Å². The third-order valence-electron chi connectivity index (χ3n) is 6.65. The molecule has 7 nitrogen and oxygen atoms in total. The highest BCUT2D eigenvalue weighted by atomic mass is 16.2. The van der Waals surface area contributed by atoms with Crippen LogP contribution in [-0.4, -0.2) is 40.8 Å². The Morgan fingerprint density at radius 1 is 1.18 bits per heavy atom. The summed E-state index contributed by atoms with van der Waals surface area (Å²) in [5.41, 5.74) is 8.84. The largest absolute Gasteiger partial charge is 0.381 e. The van der Waals surface area contributed by atoms with Crippen LogP contribution < -0.4 is 16.4 Å². The lowest BCUT2D eigenvalue weighted by Gasteiger charge is -2.32. The van der Waals surface area contributed by atoms with Gasteiger partial charge >= 0.3 is 0 Å². The van der Waals surface area contributed by atoms with Crippen molar-refractivity contribution in [1.29, 1.82) is 0 Å². The number of rotatable bonds is 7. The molecule has 0 unspecified atom stereocenters. The van der Waals surface area contributed by atoms with Gasteiger partial charge in [-0.3, -0.25) is 9.59 Å². The molecule has 2 aromatic rings. The molecule has 2 heterocycles. The van der Waals surface area contributed by atoms with Gasteiger partial charge in [-0.1, -0.05) is 39.8 Å². The number of benzene rings is 1. The lowest BCUT2D eigenvalue weighted by Crippen LogP contribution is -2.37. The minimum Gasteiger partial charge on any atom is -0.381 e. The fraction of sp³-hybridized carbons (Fsp3) is 0.500. The number of primary amides is 1. The van der Waals surface area contributed by atoms with Crippen LogP contribution in [0, 0.1) is 5.41 Å². The van der Waals surface area contributed by atoms with Crippen LogP contribution in [0.5, 0.6) is 0 Å². The number of pyridine rings is 1. The Labute approximate surface area is 197 Å². The Balaban J connectivity index is 1.69. The van der Waals surface area contributed by atoms with Gasteiger partial charge in [0.05, 0.1) is 11.3 Å². The summed E-state index contributed by atoms with van der Waals surface area (Å²) in [5, 5.41) is 6.74. The molecule has 0 saturated carbocycles. The number of hydrogen-bond acceptors (Lipinski definition) is 5. The van der Waals surface area contributed by atoms with Crippen molar-refractivity contribution in [2.75, 3.05) is 23.7 Å². The van der Waals surface area contributed by atoms with Crippen molar-refractivity contribution in [1.82, 2.24) is 9.88 Å². The summed E-state index contributed by atoms with van der Waals surface area (Å²) in [6.07, 6.45) is 4.08. The minimum atomic E-state index is -0.506. The van der Waals surface area contributed by atoms with Crippen LogP contribution in [0.15, 0.2) is 36.5 Å². The van der Waals surface area contributed by atoms with Crippen molar-refractivity contribution in [2.45, 2.75) is 65.8 Å². The Morgan fingerprint density at radius 2 is 1.82 bits per heavy atom. The molecule has 33 heavy (non-hydrogen) atoms. The molecule has 1 aromatic heterocycles. The zero-order valence-electron chi connectivity index (χ0n) is 20.4. The fourth-order valence-corrected chi connectivity index (χ4v) is 3.96. The maximum atomic E-state index is 11.9. The van der Waals surface area contributed by atoms with Crippen molar-refractivity contribution in [3.05, 3.63) is 47.7 Å². The number of nitrogens with two attached hydrogens (primary N) is 1. The number of carbonyl (C=O) groups excluding carboxylic acids is 2. The molecule has 0 spiro atoms. The highest BCUT2D eigenvalue weighted by molar-refractivity contribution is 5.98. The highest BCUT2D eigenvalue weighted by Crippen LogP contribution is 2.30. The van der Waals surface area contributed by atoms with Gasteiger partial charge in [-0.2, -0.15) is 0 Å². The van der Waals surface area contributed by atoms with Gasteiger partial charge in [0.15, 0.2) is 0 Å². The maximum Gasteiger partial charge on any atom is 0.252 e. The van der Waals surface area contributed by atoms with Gasteiger partial charge < -0.3 is 21.3 Å². The van der Waals surface area contributed by atoms with Crippen LogP contribution in [-0.2, 0) is 4.79 Å². The molecule has 1 atom stereocenters. The number of nitrogens with one attached hydrogen (secondary N) is 2. The van der Waals surface area contributed by atoms with Crippen molar-refractivity contribution in [2.24, 2.45) is 11.1 Å². The molecular formula is C26H37N5O2. The number of piperidine rings is 1. The first-order valence-electron chi connectivity index (χ1n) is 11.8. The quantitative estimate of drug-likeness (QED) is 0.557. The summed E-state index contributed by atoms with van der Waals surface area (Å²) in [5.74, 6) is 0.854. The first kappa shape index (κ1) is 24.6. The Morgan fingerprint density at radius 3 is 2.36 bits per heavy atom. The number of hydrogen-bond donors (Lipinski definition) is 3. The Bertz CT molecular complexity index is 973. The summed E-state index contributed by atoms with van der Waals surface area (Å²) in [6.45, 7) is 12.1. The predicted octanol–water partition coefficient (Wildman–Crippen LogP) is 4.89. The zero-order chi connectivity index (χ0) is 24.2. The van der Waals surface area contributed by atoms with Gasteiger partial charge in [-0.15, -0.1) is 0 Å². The van der Waals surface area contributed by atoms with Crippen molar-refractivity contribution >= 4 is 29.0 Å². The molecule has 7 heteroatoms. The van der Waals surface area contributed by atoms with Gasteiger partial charge in [0.1, 0.15) is 5.82 Å². The average Bonchev–Trinajstić information content (AvgIpc) is 2.78. The molecule has 1 aliphatic rings. The van der Waals surface area contributed by atoms with E-state index in [4.69, 9.17) is 5.73 Å². The third-order valence-corrected chi connectivity index (χ3v) is 6.65. The standard InChI is InChI=1S/C26H37N5O2/c1-6-24(32)31-13-11-19(12-14-31)18-7-9-20(10-8-18)30-23-15-22(21(16-28-23)25(27)33)29-17(2)26(3,4)5/h7-10,15-17,19H,6,11-14H2,1-5H3,(H2,27,33)(H2,28,29,30)/t17-/m1/s1. The van der Waals surface area contributed by atoms with E-state index in [2.05, 4.69) is 55.4 Å². The number of aromatic nitrogens is 1. The van der Waals surface area contributed by atoms with E-state index in [1.807, 2.05) is 30.0 Å². The molecule has 1 fully saturated rings. The van der Waals surface area contributed by atoms with E-state index in [0.717, 1.165) is 31.6 Å². The second-order valence-corrected chi connectivity index (χ2v) is 9.97. The first-order valence-corrected chi connectivity index (χ1v) is 11.8. The summed E-state index contributed by atoms with van der Waals surface area (Å²) in [4.78, 5) is 30.1. The molecule has 1 aromatic carbocycles. The lowest BCUT2D eigenvalue weighted by molar-refractivity contribution is -0.131. The van der Waals surface area contributed by atoms with E-state index in [1.165, 1.54) is 11.8 Å². The molecular weight excluding hydrogens is 414 g/mol. The van der Waals surface area contributed by atoms with E-state index in [0.29, 0.717) is 29.4 Å². The Kier molecular flexibility index (Phi) is 7.61. The van der Waals surface area contributed by atoms with Gasteiger partial charge in [0.25, 0.3) is 5.91 Å². The smallest absolute Gasteiger partial charge is 0.252 e. The Hall–Kier alpha value is -3.09. The van der Waals surface area contributed by atoms with Gasteiger partial charge in [0.2, 0.25) is 5.91 Å². The first-order chi connectivity index (χ1) is 15.6. The van der Waals surface area contributed by atoms with Gasteiger partial charge in [-0.25, -0.2) is 4.98 Å². The lowest BCUT2D eigenvalue weighted by atomic mass is 9.88. The molecule has 178 valence electrons. The number of anilines is 3. The summed E-state index contributed by atoms with van der Waals surface area (Å²) in [7, 11) is 0. The second-order valence-electron chi connectivity index (χ2n) is 9.97. The van der Waals surface area contributed by atoms with E-state index in [1.54, 1.807) is 0 Å². The van der Waals surface area contributed by atoms with Crippen LogP contribution in [0.3, 0.4) is 0 Å². The zero-order valence-corrected chi connectivity index (χ0v) is 20.4. The van der Waals surface area contributed by atoms with Gasteiger partial charge in [-0.05, 0) is 48.8 Å². The molecule has 3 rings (SSSR count). The third kappa shape index (κ3) is 6.24. The summed E-state index contributed by atoms with van der Waals surface area (Å²) in [6, 6.07) is 10.3. The average molecular weight is 452 g/mol. The van der Waals surface area contributed by atoms with Crippen LogP contribution in [0.4, 0.5) is 17.2 Å². The van der Waals surface area contributed by atoms with Crippen molar-refractivity contribution in [3.8, 4) is 0 Å². The molecule has 0 radical (unpaired) electrons. The number of likely N-dealkylation sites (tertiary alicyclic amines) is 1. The summed E-state index contributed by atoms with van der Waals surface area (Å²) < 4.78 is 0. The number of nitrogens with zero attached hydrogens (tertiary/aromatic N) is 2. The molecule has 0 aliphatic carbocycles. The fourth-order valence-electron chi connectivity index (χ4n) is 3.96. The normalized spacial score (nSPS) is 15.7. The summed E-state index contributed by atoms with van der Waals surface area (Å²) >= 11 is 0. The minimum absolute atomic E-state index is 0.0155. The van der Waals surface area contributed by atoms with Crippen LogP contribution in [0.1, 0.15) is 75.7 Å². The topological polar surface area (TPSA) is 100 Å². The van der Waals surface area contributed by atoms with E-state index in [-0.39, 0.29) is 17.4 Å². The van der Waals surface area contributed by atoms with E-state index in [9.17, 15) is 9.59 Å². The molecule has 4 N–H and O–H groups in total.